The smallest absolute Gasteiger partial charge is 0.227 e. The number of nitrogens with one attached hydrogen (secondary N) is 1. The lowest BCUT2D eigenvalue weighted by Gasteiger charge is -2.36. The molecule has 1 aliphatic carbocycles. The first-order chi connectivity index (χ1) is 15.3. The summed E-state index contributed by atoms with van der Waals surface area (Å²) < 4.78 is 25.1. The predicted molar refractivity (Wildman–Crippen MR) is 138 cm³/mol. The van der Waals surface area contributed by atoms with E-state index in [1.807, 2.05) is 12.1 Å². The number of carbonyl (C=O) groups excluding carboxylic acids is 1. The first-order valence-electron chi connectivity index (χ1n) is 12.3. The van der Waals surface area contributed by atoms with E-state index < -0.39 is 10.0 Å². The van der Waals surface area contributed by atoms with E-state index in [0.717, 1.165) is 63.7 Å². The highest BCUT2D eigenvalue weighted by molar-refractivity contribution is 7.88. The summed E-state index contributed by atoms with van der Waals surface area (Å²) in [5, 5.41) is 3.14. The van der Waals surface area contributed by atoms with Crippen LogP contribution >= 0.6 is 12.4 Å². The van der Waals surface area contributed by atoms with Gasteiger partial charge in [0, 0.05) is 37.3 Å². The number of halogens is 1. The molecular weight excluding hydrogens is 458 g/mol. The number of carbonyl (C=O) groups is 1. The predicted octanol–water partition coefficient (Wildman–Crippen LogP) is 4.55. The van der Waals surface area contributed by atoms with Crippen LogP contribution in [0.4, 0.5) is 5.69 Å². The summed E-state index contributed by atoms with van der Waals surface area (Å²) in [4.78, 5) is 15.1. The molecule has 33 heavy (non-hydrogen) atoms. The largest absolute Gasteiger partial charge is 0.326 e. The summed E-state index contributed by atoms with van der Waals surface area (Å²) in [6.45, 7) is 7.72. The molecule has 3 rings (SSSR count). The van der Waals surface area contributed by atoms with Crippen LogP contribution in [0.15, 0.2) is 24.3 Å². The van der Waals surface area contributed by atoms with E-state index in [1.54, 1.807) is 4.31 Å². The average molecular weight is 500 g/mol. The number of sulfonamides is 1. The Hall–Kier alpha value is -1.15. The molecule has 0 aromatic heterocycles. The SMILES string of the molecule is CCN(CC1CCN(S(C)(=O)=O)CC1)C(C)Cc1cccc(NC(=O)C2CCCCC2)c1.Cl. The number of rotatable bonds is 9. The van der Waals surface area contributed by atoms with Crippen molar-refractivity contribution in [2.24, 2.45) is 11.8 Å². The van der Waals surface area contributed by atoms with Gasteiger partial charge < -0.3 is 10.2 Å². The molecule has 1 aromatic carbocycles. The lowest BCUT2D eigenvalue weighted by molar-refractivity contribution is -0.120. The van der Waals surface area contributed by atoms with Gasteiger partial charge in [0.2, 0.25) is 15.9 Å². The second-order valence-electron chi connectivity index (χ2n) is 9.77. The highest BCUT2D eigenvalue weighted by Crippen LogP contribution is 2.26. The summed E-state index contributed by atoms with van der Waals surface area (Å²) in [5.74, 6) is 0.873. The lowest BCUT2D eigenvalue weighted by atomic mass is 9.88. The van der Waals surface area contributed by atoms with Gasteiger partial charge in [-0.25, -0.2) is 12.7 Å². The maximum absolute atomic E-state index is 12.6. The number of amides is 1. The molecule has 1 amide bonds. The third-order valence-electron chi connectivity index (χ3n) is 7.27. The van der Waals surface area contributed by atoms with Crippen molar-refractivity contribution >= 4 is 34.0 Å². The zero-order valence-electron chi connectivity index (χ0n) is 20.5. The van der Waals surface area contributed by atoms with Gasteiger partial charge in [-0.1, -0.05) is 38.3 Å². The maximum Gasteiger partial charge on any atom is 0.227 e. The van der Waals surface area contributed by atoms with Gasteiger partial charge in [0.25, 0.3) is 0 Å². The fraction of sp³-hybridized carbons (Fsp3) is 0.720. The van der Waals surface area contributed by atoms with E-state index >= 15 is 0 Å². The highest BCUT2D eigenvalue weighted by Gasteiger charge is 2.27. The van der Waals surface area contributed by atoms with E-state index in [4.69, 9.17) is 0 Å². The van der Waals surface area contributed by atoms with Gasteiger partial charge in [0.05, 0.1) is 6.26 Å². The van der Waals surface area contributed by atoms with Crippen LogP contribution in [0.5, 0.6) is 0 Å². The molecule has 0 spiro atoms. The molecule has 1 heterocycles. The number of anilines is 1. The second-order valence-corrected chi connectivity index (χ2v) is 11.8. The Morgan fingerprint density at radius 2 is 1.82 bits per heavy atom. The molecule has 0 bridgehead atoms. The van der Waals surface area contributed by atoms with Crippen molar-refractivity contribution in [2.45, 2.75) is 71.3 Å². The van der Waals surface area contributed by atoms with Gasteiger partial charge in [-0.05, 0) is 69.2 Å². The van der Waals surface area contributed by atoms with Crippen LogP contribution in [0.2, 0.25) is 0 Å². The Morgan fingerprint density at radius 1 is 1.15 bits per heavy atom. The van der Waals surface area contributed by atoms with Crippen molar-refractivity contribution in [1.82, 2.24) is 9.21 Å². The normalized spacial score (nSPS) is 19.8. The minimum Gasteiger partial charge on any atom is -0.326 e. The first kappa shape index (κ1) is 28.1. The molecule has 6 nitrogen and oxygen atoms in total. The fourth-order valence-corrected chi connectivity index (χ4v) is 6.11. The lowest BCUT2D eigenvalue weighted by Crippen LogP contribution is -2.43. The molecule has 1 saturated carbocycles. The van der Waals surface area contributed by atoms with E-state index in [-0.39, 0.29) is 24.2 Å². The topological polar surface area (TPSA) is 69.7 Å². The number of benzene rings is 1. The Labute approximate surface area is 206 Å². The molecule has 188 valence electrons. The van der Waals surface area contributed by atoms with Crippen molar-refractivity contribution in [1.29, 1.82) is 0 Å². The molecule has 1 saturated heterocycles. The summed E-state index contributed by atoms with van der Waals surface area (Å²) in [7, 11) is -3.07. The Balaban J connectivity index is 0.00000385. The summed E-state index contributed by atoms with van der Waals surface area (Å²) in [6, 6.07) is 8.68. The minimum atomic E-state index is -3.07. The van der Waals surface area contributed by atoms with Crippen LogP contribution < -0.4 is 5.32 Å². The molecule has 1 aliphatic heterocycles. The maximum atomic E-state index is 12.6. The Kier molecular flexibility index (Phi) is 11.1. The number of likely N-dealkylation sites (N-methyl/N-ethyl adjacent to an activating group) is 1. The summed E-state index contributed by atoms with van der Waals surface area (Å²) in [5.41, 5.74) is 2.14. The third-order valence-corrected chi connectivity index (χ3v) is 8.57. The van der Waals surface area contributed by atoms with Gasteiger partial charge in [0.1, 0.15) is 0 Å². The van der Waals surface area contributed by atoms with E-state index in [2.05, 4.69) is 36.2 Å². The van der Waals surface area contributed by atoms with E-state index in [0.29, 0.717) is 25.0 Å². The van der Waals surface area contributed by atoms with Crippen LogP contribution in [0.3, 0.4) is 0 Å². The zero-order chi connectivity index (χ0) is 23.1. The standard InChI is InChI=1S/C25H41N3O3S.ClH/c1-4-27(19-21-13-15-28(16-14-21)32(3,30)31)20(2)17-22-9-8-12-24(18-22)26-25(29)23-10-6-5-7-11-23;/h8-9,12,18,20-21,23H,4-7,10-11,13-17,19H2,1-3H3,(H,26,29);1H. The third kappa shape index (κ3) is 8.53. The molecular formula is C25H42ClN3O3S. The van der Waals surface area contributed by atoms with Crippen LogP contribution in [-0.2, 0) is 21.2 Å². The Bertz CT molecular complexity index is 850. The van der Waals surface area contributed by atoms with Gasteiger partial charge >= 0.3 is 0 Å². The number of nitrogens with zero attached hydrogens (tertiary/aromatic N) is 2. The van der Waals surface area contributed by atoms with Gasteiger partial charge in [-0.2, -0.15) is 0 Å². The van der Waals surface area contributed by atoms with Crippen LogP contribution in [0.1, 0.15) is 64.4 Å². The summed E-state index contributed by atoms with van der Waals surface area (Å²) >= 11 is 0. The molecule has 1 atom stereocenters. The van der Waals surface area contributed by atoms with Gasteiger partial charge in [-0.3, -0.25) is 4.79 Å². The molecule has 2 fully saturated rings. The molecule has 1 N–H and O–H groups in total. The number of piperidine rings is 1. The summed E-state index contributed by atoms with van der Waals surface area (Å²) in [6.07, 6.45) is 9.70. The minimum absolute atomic E-state index is 0. The highest BCUT2D eigenvalue weighted by atomic mass is 35.5. The van der Waals surface area contributed by atoms with Gasteiger partial charge in [0.15, 0.2) is 0 Å². The van der Waals surface area contributed by atoms with Crippen molar-refractivity contribution in [3.8, 4) is 0 Å². The van der Waals surface area contributed by atoms with Crippen LogP contribution in [0.25, 0.3) is 0 Å². The first-order valence-corrected chi connectivity index (χ1v) is 14.2. The zero-order valence-corrected chi connectivity index (χ0v) is 22.1. The van der Waals surface area contributed by atoms with Crippen LogP contribution in [0, 0.1) is 11.8 Å². The van der Waals surface area contributed by atoms with Crippen molar-refractivity contribution < 1.29 is 13.2 Å². The van der Waals surface area contributed by atoms with E-state index in [9.17, 15) is 13.2 Å². The molecule has 1 aromatic rings. The molecule has 0 radical (unpaired) electrons. The second kappa shape index (κ2) is 13.1. The molecule has 8 heteroatoms. The Morgan fingerprint density at radius 3 is 2.42 bits per heavy atom. The number of hydrogen-bond donors (Lipinski definition) is 1. The quantitative estimate of drug-likeness (QED) is 0.541. The van der Waals surface area contributed by atoms with Crippen molar-refractivity contribution in [3.63, 3.8) is 0 Å². The van der Waals surface area contributed by atoms with E-state index in [1.165, 1.54) is 18.2 Å². The monoisotopic (exact) mass is 499 g/mol. The van der Waals surface area contributed by atoms with Crippen molar-refractivity contribution in [2.75, 3.05) is 37.8 Å². The van der Waals surface area contributed by atoms with Crippen LogP contribution in [-0.4, -0.2) is 62.0 Å². The average Bonchev–Trinajstić information content (AvgIpc) is 2.78. The molecule has 1 unspecified atom stereocenters. The number of hydrogen-bond acceptors (Lipinski definition) is 4. The van der Waals surface area contributed by atoms with Crippen molar-refractivity contribution in [3.05, 3.63) is 29.8 Å². The molecule has 2 aliphatic rings. The fourth-order valence-electron chi connectivity index (χ4n) is 5.23. The van der Waals surface area contributed by atoms with Gasteiger partial charge in [-0.15, -0.1) is 12.4 Å².